The fourth-order valence-corrected chi connectivity index (χ4v) is 2.22. The van der Waals surface area contributed by atoms with Crippen molar-refractivity contribution in [1.82, 2.24) is 19.3 Å². The van der Waals surface area contributed by atoms with E-state index in [4.69, 9.17) is 5.73 Å². The smallest absolute Gasteiger partial charge is 0.202 e. The number of rotatable bonds is 3. The summed E-state index contributed by atoms with van der Waals surface area (Å²) in [7, 11) is 1.96. The lowest BCUT2D eigenvalue weighted by atomic mass is 9.82. The van der Waals surface area contributed by atoms with Crippen LogP contribution in [-0.2, 0) is 20.0 Å². The van der Waals surface area contributed by atoms with Gasteiger partial charge < -0.3 is 5.73 Å². The van der Waals surface area contributed by atoms with Crippen LogP contribution in [0.3, 0.4) is 0 Å². The molecule has 2 aromatic heterocycles. The molecule has 5 heteroatoms. The van der Waals surface area contributed by atoms with Gasteiger partial charge in [-0.15, -0.1) is 0 Å². The quantitative estimate of drug-likeness (QED) is 0.926. The van der Waals surface area contributed by atoms with Crippen LogP contribution in [0.1, 0.15) is 40.3 Å². The van der Waals surface area contributed by atoms with Gasteiger partial charge in [0.05, 0.1) is 5.69 Å². The third kappa shape index (κ3) is 2.33. The van der Waals surface area contributed by atoms with Crippen LogP contribution in [0, 0.1) is 11.3 Å². The molecule has 0 spiro atoms. The summed E-state index contributed by atoms with van der Waals surface area (Å²) >= 11 is 0. The van der Waals surface area contributed by atoms with Crippen molar-refractivity contribution in [1.29, 1.82) is 0 Å². The largest absolute Gasteiger partial charge is 0.369 e. The molecule has 0 bridgehead atoms. The van der Waals surface area contributed by atoms with Gasteiger partial charge in [0.15, 0.2) is 5.65 Å². The summed E-state index contributed by atoms with van der Waals surface area (Å²) in [6.07, 6.45) is 0.878. The predicted octanol–water partition coefficient (Wildman–Crippen LogP) is 2.60. The zero-order valence-corrected chi connectivity index (χ0v) is 12.9. The molecule has 2 heterocycles. The molecule has 2 N–H and O–H groups in total. The number of fused-ring (bicyclic) bond motifs is 1. The topological polar surface area (TPSA) is 61.7 Å². The number of anilines is 1. The molecule has 0 aliphatic rings. The second-order valence-corrected chi connectivity index (χ2v) is 6.44. The third-order valence-electron chi connectivity index (χ3n) is 4.09. The Morgan fingerprint density at radius 2 is 1.95 bits per heavy atom. The molecule has 19 heavy (non-hydrogen) atoms. The molecule has 0 aliphatic heterocycles. The first kappa shape index (κ1) is 13.9. The van der Waals surface area contributed by atoms with Crippen molar-refractivity contribution in [2.45, 2.75) is 47.6 Å². The van der Waals surface area contributed by atoms with Crippen LogP contribution in [-0.4, -0.2) is 19.3 Å². The van der Waals surface area contributed by atoms with Gasteiger partial charge in [-0.2, -0.15) is 5.10 Å². The summed E-state index contributed by atoms with van der Waals surface area (Å²) in [5.74, 6) is 1.10. The zero-order valence-electron chi connectivity index (χ0n) is 12.9. The molecule has 2 rings (SSSR count). The molecule has 0 aliphatic carbocycles. The van der Waals surface area contributed by atoms with Crippen LogP contribution in [0.5, 0.6) is 0 Å². The standard InChI is InChI=1S/C14H25N5/c1-7-10-11-12(18(6)17-10)19(13(15)16-11)8-9(2)14(3,4)5/h9H,7-8H2,1-6H3,(H2,15,16). The molecule has 1 unspecified atom stereocenters. The van der Waals surface area contributed by atoms with Gasteiger partial charge >= 0.3 is 0 Å². The maximum Gasteiger partial charge on any atom is 0.202 e. The van der Waals surface area contributed by atoms with Crippen LogP contribution >= 0.6 is 0 Å². The molecule has 0 saturated heterocycles. The average Bonchev–Trinajstić information content (AvgIpc) is 2.77. The van der Waals surface area contributed by atoms with E-state index in [0.29, 0.717) is 11.9 Å². The van der Waals surface area contributed by atoms with Crippen LogP contribution in [0.25, 0.3) is 11.2 Å². The Kier molecular flexibility index (Phi) is 3.32. The van der Waals surface area contributed by atoms with Gasteiger partial charge in [0, 0.05) is 13.6 Å². The molecule has 106 valence electrons. The molecule has 2 aromatic rings. The van der Waals surface area contributed by atoms with Crippen molar-refractivity contribution in [3.63, 3.8) is 0 Å². The van der Waals surface area contributed by atoms with E-state index < -0.39 is 0 Å². The Balaban J connectivity index is 2.49. The molecular formula is C14H25N5. The van der Waals surface area contributed by atoms with Crippen LogP contribution < -0.4 is 5.73 Å². The van der Waals surface area contributed by atoms with Crippen LogP contribution in [0.15, 0.2) is 0 Å². The van der Waals surface area contributed by atoms with E-state index in [1.54, 1.807) is 0 Å². The molecule has 0 fully saturated rings. The van der Waals surface area contributed by atoms with E-state index >= 15 is 0 Å². The monoisotopic (exact) mass is 263 g/mol. The lowest BCUT2D eigenvalue weighted by Crippen LogP contribution is -2.23. The Morgan fingerprint density at radius 3 is 2.47 bits per heavy atom. The lowest BCUT2D eigenvalue weighted by Gasteiger charge is -2.27. The Morgan fingerprint density at radius 1 is 1.32 bits per heavy atom. The third-order valence-corrected chi connectivity index (χ3v) is 4.09. The SMILES string of the molecule is CCc1nn(C)c2c1nc(N)n2CC(C)C(C)(C)C. The number of nitrogens with two attached hydrogens (primary N) is 1. The fraction of sp³-hybridized carbons (Fsp3) is 0.714. The van der Waals surface area contributed by atoms with Crippen molar-refractivity contribution < 1.29 is 0 Å². The second kappa shape index (κ2) is 4.54. The number of aryl methyl sites for hydroxylation is 2. The van der Waals surface area contributed by atoms with E-state index in [2.05, 4.69) is 49.3 Å². The van der Waals surface area contributed by atoms with Gasteiger partial charge in [-0.1, -0.05) is 34.6 Å². The minimum Gasteiger partial charge on any atom is -0.369 e. The normalized spacial score (nSPS) is 14.2. The van der Waals surface area contributed by atoms with Crippen molar-refractivity contribution in [2.24, 2.45) is 18.4 Å². The van der Waals surface area contributed by atoms with Gasteiger partial charge in [0.2, 0.25) is 5.95 Å². The minimum atomic E-state index is 0.245. The lowest BCUT2D eigenvalue weighted by molar-refractivity contribution is 0.235. The number of hydrogen-bond acceptors (Lipinski definition) is 3. The van der Waals surface area contributed by atoms with Gasteiger partial charge in [0.1, 0.15) is 5.52 Å². The number of hydrogen-bond donors (Lipinski definition) is 1. The maximum atomic E-state index is 6.09. The Labute approximate surface area is 114 Å². The van der Waals surface area contributed by atoms with E-state index in [-0.39, 0.29) is 5.41 Å². The molecule has 0 amide bonds. The highest BCUT2D eigenvalue weighted by Crippen LogP contribution is 2.29. The van der Waals surface area contributed by atoms with Gasteiger partial charge in [-0.25, -0.2) is 4.98 Å². The fourth-order valence-electron chi connectivity index (χ4n) is 2.22. The molecule has 5 nitrogen and oxygen atoms in total. The maximum absolute atomic E-state index is 6.09. The Hall–Kier alpha value is -1.52. The molecule has 0 radical (unpaired) electrons. The van der Waals surface area contributed by atoms with Gasteiger partial charge in [0.25, 0.3) is 0 Å². The van der Waals surface area contributed by atoms with E-state index in [9.17, 15) is 0 Å². The zero-order chi connectivity index (χ0) is 14.4. The van der Waals surface area contributed by atoms with Crippen LogP contribution in [0.2, 0.25) is 0 Å². The summed E-state index contributed by atoms with van der Waals surface area (Å²) in [6.45, 7) is 12.0. The van der Waals surface area contributed by atoms with Crippen molar-refractivity contribution in [3.8, 4) is 0 Å². The molecule has 1 atom stereocenters. The number of nitrogens with zero attached hydrogens (tertiary/aromatic N) is 4. The highest BCUT2D eigenvalue weighted by molar-refractivity contribution is 5.77. The van der Waals surface area contributed by atoms with Crippen molar-refractivity contribution in [3.05, 3.63) is 5.69 Å². The number of aromatic nitrogens is 4. The summed E-state index contributed by atoms with van der Waals surface area (Å²) in [6, 6.07) is 0. The molecule has 0 saturated carbocycles. The molecular weight excluding hydrogens is 238 g/mol. The minimum absolute atomic E-state index is 0.245. The first-order valence-corrected chi connectivity index (χ1v) is 6.93. The van der Waals surface area contributed by atoms with E-state index in [0.717, 1.165) is 29.8 Å². The summed E-state index contributed by atoms with van der Waals surface area (Å²) in [5.41, 5.74) is 9.34. The average molecular weight is 263 g/mol. The first-order chi connectivity index (χ1) is 8.75. The van der Waals surface area contributed by atoms with Crippen LogP contribution in [0.4, 0.5) is 5.95 Å². The number of nitrogen functional groups attached to an aromatic ring is 1. The Bertz CT molecular complexity index is 585. The summed E-state index contributed by atoms with van der Waals surface area (Å²) < 4.78 is 3.99. The van der Waals surface area contributed by atoms with Gasteiger partial charge in [-0.05, 0) is 17.8 Å². The van der Waals surface area contributed by atoms with Crippen molar-refractivity contribution in [2.75, 3.05) is 5.73 Å². The van der Waals surface area contributed by atoms with Crippen molar-refractivity contribution >= 4 is 17.1 Å². The number of imidazole rings is 1. The highest BCUT2D eigenvalue weighted by Gasteiger charge is 2.24. The predicted molar refractivity (Wildman–Crippen MR) is 78.9 cm³/mol. The summed E-state index contributed by atoms with van der Waals surface area (Å²) in [4.78, 5) is 4.50. The van der Waals surface area contributed by atoms with Gasteiger partial charge in [-0.3, -0.25) is 9.25 Å². The van der Waals surface area contributed by atoms with E-state index in [1.165, 1.54) is 0 Å². The molecule has 0 aromatic carbocycles. The summed E-state index contributed by atoms with van der Waals surface area (Å²) in [5, 5.41) is 4.52. The first-order valence-electron chi connectivity index (χ1n) is 6.93. The highest BCUT2D eigenvalue weighted by atomic mass is 15.3. The van der Waals surface area contributed by atoms with E-state index in [1.807, 2.05) is 11.7 Å². The second-order valence-electron chi connectivity index (χ2n) is 6.44.